The van der Waals surface area contributed by atoms with Gasteiger partial charge in [-0.2, -0.15) is 0 Å². The van der Waals surface area contributed by atoms with Gasteiger partial charge in [-0.3, -0.25) is 5.32 Å². The summed E-state index contributed by atoms with van der Waals surface area (Å²) in [6.07, 6.45) is -0.529. The van der Waals surface area contributed by atoms with Gasteiger partial charge in [0.15, 0.2) is 0 Å². The van der Waals surface area contributed by atoms with Gasteiger partial charge < -0.3 is 14.2 Å². The van der Waals surface area contributed by atoms with Crippen LogP contribution in [0.5, 0.6) is 0 Å². The molecule has 1 aliphatic heterocycles. The Morgan fingerprint density at radius 3 is 1.88 bits per heavy atom. The number of benzene rings is 8. The van der Waals surface area contributed by atoms with Crippen molar-refractivity contribution in [3.8, 4) is 33.4 Å². The highest BCUT2D eigenvalue weighted by atomic mass is 16.3. The average Bonchev–Trinajstić information content (AvgIpc) is 3.85. The Bertz CT molecular complexity index is 3090. The van der Waals surface area contributed by atoms with Crippen molar-refractivity contribution in [3.05, 3.63) is 205 Å². The molecule has 5 heteroatoms. The molecule has 3 heterocycles. The molecule has 0 fully saturated rings. The molecule has 0 spiro atoms. The second-order valence-corrected chi connectivity index (χ2v) is 14.4. The van der Waals surface area contributed by atoms with Crippen molar-refractivity contribution in [2.45, 2.75) is 12.3 Å². The number of para-hydroxylation sites is 2. The number of aliphatic imine (C=N–C) groups is 1. The number of fused-ring (bicyclic) bond motifs is 6. The molecule has 0 amide bonds. The van der Waals surface area contributed by atoms with E-state index in [0.29, 0.717) is 0 Å². The first-order valence-electron chi connectivity index (χ1n) is 19.0. The highest BCUT2D eigenvalue weighted by molar-refractivity contribution is 6.18. The first kappa shape index (κ1) is 32.2. The topological polar surface area (TPSA) is 62.7 Å². The fourth-order valence-corrected chi connectivity index (χ4v) is 8.22. The molecule has 0 saturated heterocycles. The summed E-state index contributed by atoms with van der Waals surface area (Å²) in [5.41, 5.74) is 13.5. The van der Waals surface area contributed by atoms with E-state index in [9.17, 15) is 0 Å². The van der Waals surface area contributed by atoms with Crippen molar-refractivity contribution in [2.75, 3.05) is 0 Å². The van der Waals surface area contributed by atoms with E-state index in [1.165, 1.54) is 22.3 Å². The number of nitrogens with zero attached hydrogens (tertiary/aromatic N) is 1. The van der Waals surface area contributed by atoms with Crippen molar-refractivity contribution in [3.63, 3.8) is 0 Å². The minimum atomic E-state index is -0.337. The molecular weight excluding hydrogens is 687 g/mol. The summed E-state index contributed by atoms with van der Waals surface area (Å²) in [5.74, 6) is 0.764. The van der Waals surface area contributed by atoms with E-state index < -0.39 is 0 Å². The molecule has 2 atom stereocenters. The average molecular weight is 722 g/mol. The van der Waals surface area contributed by atoms with Gasteiger partial charge in [0, 0.05) is 21.5 Å². The van der Waals surface area contributed by atoms with Crippen LogP contribution in [0.3, 0.4) is 0 Å². The maximum absolute atomic E-state index is 6.76. The van der Waals surface area contributed by atoms with Crippen molar-refractivity contribution in [1.29, 1.82) is 0 Å². The van der Waals surface area contributed by atoms with Gasteiger partial charge >= 0.3 is 0 Å². The number of nitrogens with one attached hydrogen (secondary N) is 2. The molecule has 266 valence electrons. The fraction of sp³-hybridized carbons (Fsp3) is 0.0392. The van der Waals surface area contributed by atoms with Gasteiger partial charge in [0.2, 0.25) is 0 Å². The molecular formula is C51H35N3O2. The smallest absolute Gasteiger partial charge is 0.146 e. The molecule has 0 saturated carbocycles. The highest BCUT2D eigenvalue weighted by Gasteiger charge is 2.28. The summed E-state index contributed by atoms with van der Waals surface area (Å²) >= 11 is 0. The van der Waals surface area contributed by atoms with Crippen LogP contribution in [-0.2, 0) is 0 Å². The lowest BCUT2D eigenvalue weighted by atomic mass is 9.95. The molecule has 11 rings (SSSR count). The predicted octanol–water partition coefficient (Wildman–Crippen LogP) is 12.8. The van der Waals surface area contributed by atoms with Gasteiger partial charge in [0.1, 0.15) is 40.5 Å². The number of hydrogen-bond donors (Lipinski definition) is 2. The zero-order valence-corrected chi connectivity index (χ0v) is 30.3. The van der Waals surface area contributed by atoms with E-state index in [-0.39, 0.29) is 12.3 Å². The minimum absolute atomic E-state index is 0.192. The normalized spacial score (nSPS) is 15.7. The van der Waals surface area contributed by atoms with Crippen molar-refractivity contribution in [2.24, 2.45) is 4.99 Å². The number of furan rings is 2. The number of amidine groups is 1. The molecule has 5 nitrogen and oxygen atoms in total. The van der Waals surface area contributed by atoms with Gasteiger partial charge in [-0.25, -0.2) is 4.99 Å². The summed E-state index contributed by atoms with van der Waals surface area (Å²) in [4.78, 5) is 5.32. The van der Waals surface area contributed by atoms with Crippen LogP contribution < -0.4 is 10.6 Å². The highest BCUT2D eigenvalue weighted by Crippen LogP contribution is 2.40. The van der Waals surface area contributed by atoms with Crippen molar-refractivity contribution in [1.82, 2.24) is 10.6 Å². The summed E-state index contributed by atoms with van der Waals surface area (Å²) in [7, 11) is 0. The van der Waals surface area contributed by atoms with Gasteiger partial charge in [-0.05, 0) is 74.8 Å². The molecule has 0 aliphatic carbocycles. The summed E-state index contributed by atoms with van der Waals surface area (Å²) < 4.78 is 13.1. The van der Waals surface area contributed by atoms with Crippen LogP contribution in [0.2, 0.25) is 0 Å². The Kier molecular flexibility index (Phi) is 7.64. The van der Waals surface area contributed by atoms with Gasteiger partial charge in [-0.15, -0.1) is 0 Å². The summed E-state index contributed by atoms with van der Waals surface area (Å²) in [5, 5.41) is 11.8. The van der Waals surface area contributed by atoms with E-state index in [4.69, 9.17) is 13.8 Å². The zero-order valence-electron chi connectivity index (χ0n) is 30.3. The van der Waals surface area contributed by atoms with Gasteiger partial charge in [0.25, 0.3) is 0 Å². The second-order valence-electron chi connectivity index (χ2n) is 14.4. The standard InChI is InChI=1S/C51H35N3O2/c1-3-12-32(13-4-1)36-16-9-17-37(30-36)33-24-26-34(27-25-33)39-19-11-23-45-47(39)42-20-10-21-43(48(42)56-45)51-53-49(35-14-5-2-6-15-35)52-50(54-51)38-28-29-41-40-18-7-8-22-44(40)55-46(41)31-38/h1-31,49-50,52H,(H,53,54). The Labute approximate surface area is 323 Å². The molecule has 2 unspecified atom stereocenters. The predicted molar refractivity (Wildman–Crippen MR) is 228 cm³/mol. The SMILES string of the molecule is c1ccc(-c2cccc(-c3ccc(-c4cccc5oc6c(C7=NC(c8ccc9c(c8)oc8ccccc89)NC(c8ccccc8)N7)cccc6c45)cc3)c2)cc1. The maximum Gasteiger partial charge on any atom is 0.146 e. The van der Waals surface area contributed by atoms with Crippen molar-refractivity contribution < 1.29 is 8.83 Å². The summed E-state index contributed by atoms with van der Waals surface area (Å²) in [6, 6.07) is 65.8. The fourth-order valence-electron chi connectivity index (χ4n) is 8.22. The van der Waals surface area contributed by atoms with Crippen LogP contribution in [0.1, 0.15) is 29.0 Å². The maximum atomic E-state index is 6.76. The van der Waals surface area contributed by atoms with Crippen LogP contribution in [0.15, 0.2) is 202 Å². The van der Waals surface area contributed by atoms with Crippen LogP contribution in [-0.4, -0.2) is 5.84 Å². The van der Waals surface area contributed by atoms with Crippen LogP contribution in [0, 0.1) is 0 Å². The van der Waals surface area contributed by atoms with E-state index in [1.807, 2.05) is 24.3 Å². The zero-order chi connectivity index (χ0) is 37.0. The first-order valence-corrected chi connectivity index (χ1v) is 19.0. The van der Waals surface area contributed by atoms with Crippen LogP contribution >= 0.6 is 0 Å². The van der Waals surface area contributed by atoms with Crippen LogP contribution in [0.25, 0.3) is 77.3 Å². The van der Waals surface area contributed by atoms with E-state index in [0.717, 1.165) is 77.5 Å². The molecule has 1 aliphatic rings. The molecule has 10 aromatic rings. The second kappa shape index (κ2) is 13.3. The largest absolute Gasteiger partial charge is 0.456 e. The number of rotatable bonds is 6. The minimum Gasteiger partial charge on any atom is -0.456 e. The molecule has 2 N–H and O–H groups in total. The number of hydrogen-bond acceptors (Lipinski definition) is 5. The lowest BCUT2D eigenvalue weighted by Gasteiger charge is -2.32. The molecule has 56 heavy (non-hydrogen) atoms. The Morgan fingerprint density at radius 2 is 1.04 bits per heavy atom. The Morgan fingerprint density at radius 1 is 0.411 bits per heavy atom. The van der Waals surface area contributed by atoms with E-state index >= 15 is 0 Å². The third-order valence-electron chi connectivity index (χ3n) is 11.0. The van der Waals surface area contributed by atoms with Gasteiger partial charge in [-0.1, -0.05) is 158 Å². The monoisotopic (exact) mass is 721 g/mol. The van der Waals surface area contributed by atoms with Gasteiger partial charge in [0.05, 0.1) is 5.56 Å². The third kappa shape index (κ3) is 5.56. The van der Waals surface area contributed by atoms with E-state index in [1.54, 1.807) is 0 Å². The first-order chi connectivity index (χ1) is 27.7. The van der Waals surface area contributed by atoms with E-state index in [2.05, 4.69) is 174 Å². The molecule has 2 aromatic heterocycles. The third-order valence-corrected chi connectivity index (χ3v) is 11.0. The lowest BCUT2D eigenvalue weighted by molar-refractivity contribution is 0.409. The molecule has 0 radical (unpaired) electrons. The lowest BCUT2D eigenvalue weighted by Crippen LogP contribution is -2.45. The Hall–Kier alpha value is -7.21. The summed E-state index contributed by atoms with van der Waals surface area (Å²) in [6.45, 7) is 0. The van der Waals surface area contributed by atoms with Crippen LogP contribution in [0.4, 0.5) is 0 Å². The Balaban J connectivity index is 0.989. The van der Waals surface area contributed by atoms with Crippen molar-refractivity contribution >= 4 is 49.7 Å². The molecule has 8 aromatic carbocycles. The molecule has 0 bridgehead atoms. The quantitative estimate of drug-likeness (QED) is 0.179.